The molecule has 4 heteroatoms. The smallest absolute Gasteiger partial charge is 0.135 e. The first kappa shape index (κ1) is 14.4. The molecule has 21 heavy (non-hydrogen) atoms. The SMILES string of the molecule is CCNC1CC(c2ccc(C)s2)Oc2cc(OC)ccc21. The molecular weight excluding hydrogens is 282 g/mol. The lowest BCUT2D eigenvalue weighted by molar-refractivity contribution is 0.154. The van der Waals surface area contributed by atoms with Crippen LogP contribution in [0.2, 0.25) is 0 Å². The lowest BCUT2D eigenvalue weighted by Gasteiger charge is -2.32. The van der Waals surface area contributed by atoms with Gasteiger partial charge in [-0.15, -0.1) is 11.3 Å². The third-order valence-corrected chi connectivity index (χ3v) is 4.94. The number of ether oxygens (including phenoxy) is 2. The zero-order valence-corrected chi connectivity index (χ0v) is 13.5. The van der Waals surface area contributed by atoms with Gasteiger partial charge in [-0.05, 0) is 31.7 Å². The van der Waals surface area contributed by atoms with Gasteiger partial charge in [-0.1, -0.05) is 13.0 Å². The molecule has 1 aliphatic rings. The third-order valence-electron chi connectivity index (χ3n) is 3.84. The second kappa shape index (κ2) is 6.08. The summed E-state index contributed by atoms with van der Waals surface area (Å²) in [6.07, 6.45) is 1.08. The van der Waals surface area contributed by atoms with Crippen LogP contribution < -0.4 is 14.8 Å². The van der Waals surface area contributed by atoms with Crippen LogP contribution in [0.3, 0.4) is 0 Å². The van der Waals surface area contributed by atoms with Crippen molar-refractivity contribution in [1.29, 1.82) is 0 Å². The van der Waals surface area contributed by atoms with Gasteiger partial charge in [-0.2, -0.15) is 0 Å². The average Bonchev–Trinajstić information content (AvgIpc) is 2.93. The molecular formula is C17H21NO2S. The van der Waals surface area contributed by atoms with Gasteiger partial charge in [0, 0.05) is 33.8 Å². The zero-order valence-electron chi connectivity index (χ0n) is 12.7. The van der Waals surface area contributed by atoms with Gasteiger partial charge in [0.15, 0.2) is 0 Å². The quantitative estimate of drug-likeness (QED) is 0.916. The Morgan fingerprint density at radius 3 is 2.86 bits per heavy atom. The van der Waals surface area contributed by atoms with Crippen molar-refractivity contribution in [2.24, 2.45) is 0 Å². The molecule has 1 aromatic heterocycles. The summed E-state index contributed by atoms with van der Waals surface area (Å²) in [6, 6.07) is 10.8. The first-order valence-corrected chi connectivity index (χ1v) is 8.17. The zero-order chi connectivity index (χ0) is 14.8. The van der Waals surface area contributed by atoms with Crippen molar-refractivity contribution < 1.29 is 9.47 Å². The Bertz CT molecular complexity index is 623. The summed E-state index contributed by atoms with van der Waals surface area (Å²) < 4.78 is 11.6. The van der Waals surface area contributed by atoms with Crippen LogP contribution in [-0.4, -0.2) is 13.7 Å². The molecule has 0 spiro atoms. The minimum absolute atomic E-state index is 0.118. The maximum atomic E-state index is 6.24. The standard InChI is InChI=1S/C17H21NO2S/c1-4-18-14-10-16(17-8-5-11(2)21-17)20-15-9-12(19-3)6-7-13(14)15/h5-9,14,16,18H,4,10H2,1-3H3. The van der Waals surface area contributed by atoms with Crippen molar-refractivity contribution in [1.82, 2.24) is 5.32 Å². The monoisotopic (exact) mass is 303 g/mol. The van der Waals surface area contributed by atoms with E-state index in [1.165, 1.54) is 15.3 Å². The van der Waals surface area contributed by atoms with E-state index in [-0.39, 0.29) is 6.10 Å². The van der Waals surface area contributed by atoms with E-state index in [2.05, 4.69) is 37.4 Å². The molecule has 1 aliphatic heterocycles. The topological polar surface area (TPSA) is 30.5 Å². The molecule has 0 fully saturated rings. The highest BCUT2D eigenvalue weighted by atomic mass is 32.1. The molecule has 0 bridgehead atoms. The summed E-state index contributed by atoms with van der Waals surface area (Å²) in [7, 11) is 1.69. The van der Waals surface area contributed by atoms with Gasteiger partial charge in [0.25, 0.3) is 0 Å². The molecule has 0 aliphatic carbocycles. The molecule has 1 N–H and O–H groups in total. The van der Waals surface area contributed by atoms with E-state index in [4.69, 9.17) is 9.47 Å². The Morgan fingerprint density at radius 2 is 2.19 bits per heavy atom. The first-order valence-electron chi connectivity index (χ1n) is 7.35. The predicted octanol–water partition coefficient (Wildman–Crippen LogP) is 4.24. The lowest BCUT2D eigenvalue weighted by Crippen LogP contribution is -2.28. The molecule has 1 aromatic carbocycles. The fourth-order valence-corrected chi connectivity index (χ4v) is 3.73. The van der Waals surface area contributed by atoms with Crippen LogP contribution in [0.15, 0.2) is 30.3 Å². The highest BCUT2D eigenvalue weighted by Gasteiger charge is 2.29. The Kier molecular flexibility index (Phi) is 4.17. The molecule has 2 unspecified atom stereocenters. The van der Waals surface area contributed by atoms with E-state index in [0.717, 1.165) is 24.5 Å². The van der Waals surface area contributed by atoms with Crippen LogP contribution in [0.5, 0.6) is 11.5 Å². The largest absolute Gasteiger partial charge is 0.497 e. The van der Waals surface area contributed by atoms with Gasteiger partial charge in [0.2, 0.25) is 0 Å². The minimum Gasteiger partial charge on any atom is -0.497 e. The second-order valence-electron chi connectivity index (χ2n) is 5.30. The number of fused-ring (bicyclic) bond motifs is 1. The minimum atomic E-state index is 0.118. The third kappa shape index (κ3) is 2.92. The van der Waals surface area contributed by atoms with E-state index in [9.17, 15) is 0 Å². The van der Waals surface area contributed by atoms with Crippen molar-refractivity contribution in [3.8, 4) is 11.5 Å². The predicted molar refractivity (Wildman–Crippen MR) is 86.5 cm³/mol. The summed E-state index contributed by atoms with van der Waals surface area (Å²) in [5.74, 6) is 1.77. The number of rotatable bonds is 4. The molecule has 112 valence electrons. The molecule has 0 saturated heterocycles. The van der Waals surface area contributed by atoms with Gasteiger partial charge in [-0.3, -0.25) is 0 Å². The molecule has 0 radical (unpaired) electrons. The molecule has 2 heterocycles. The highest BCUT2D eigenvalue weighted by molar-refractivity contribution is 7.12. The number of nitrogens with one attached hydrogen (secondary N) is 1. The molecule has 2 atom stereocenters. The van der Waals surface area contributed by atoms with Gasteiger partial charge in [0.1, 0.15) is 17.6 Å². The van der Waals surface area contributed by atoms with E-state index >= 15 is 0 Å². The highest BCUT2D eigenvalue weighted by Crippen LogP contribution is 2.43. The number of aryl methyl sites for hydroxylation is 1. The maximum absolute atomic E-state index is 6.24. The van der Waals surface area contributed by atoms with Crippen LogP contribution >= 0.6 is 11.3 Å². The summed E-state index contributed by atoms with van der Waals surface area (Å²) >= 11 is 1.81. The normalized spacial score (nSPS) is 20.7. The van der Waals surface area contributed by atoms with Crippen molar-refractivity contribution in [2.75, 3.05) is 13.7 Å². The van der Waals surface area contributed by atoms with Crippen LogP contribution in [0.4, 0.5) is 0 Å². The summed E-state index contributed by atoms with van der Waals surface area (Å²) in [5.41, 5.74) is 1.22. The maximum Gasteiger partial charge on any atom is 0.135 e. The molecule has 2 aromatic rings. The average molecular weight is 303 g/mol. The van der Waals surface area contributed by atoms with E-state index in [0.29, 0.717) is 6.04 Å². The van der Waals surface area contributed by atoms with Crippen LogP contribution in [0.25, 0.3) is 0 Å². The number of thiophene rings is 1. The van der Waals surface area contributed by atoms with Crippen molar-refractivity contribution in [2.45, 2.75) is 32.4 Å². The van der Waals surface area contributed by atoms with Gasteiger partial charge in [0.05, 0.1) is 7.11 Å². The van der Waals surface area contributed by atoms with Crippen molar-refractivity contribution >= 4 is 11.3 Å². The van der Waals surface area contributed by atoms with E-state index in [1.807, 2.05) is 23.5 Å². The first-order chi connectivity index (χ1) is 10.2. The van der Waals surface area contributed by atoms with Crippen molar-refractivity contribution in [3.63, 3.8) is 0 Å². The van der Waals surface area contributed by atoms with Crippen LogP contribution in [0, 0.1) is 6.92 Å². The number of benzene rings is 1. The molecule has 0 saturated carbocycles. The number of hydrogen-bond donors (Lipinski definition) is 1. The molecule has 0 amide bonds. The fraction of sp³-hybridized carbons (Fsp3) is 0.412. The summed E-state index contributed by atoms with van der Waals surface area (Å²) in [4.78, 5) is 2.62. The van der Waals surface area contributed by atoms with Crippen molar-refractivity contribution in [3.05, 3.63) is 45.6 Å². The Morgan fingerprint density at radius 1 is 1.33 bits per heavy atom. The Balaban J connectivity index is 1.94. The Labute approximate surface area is 129 Å². The van der Waals surface area contributed by atoms with Crippen LogP contribution in [-0.2, 0) is 0 Å². The van der Waals surface area contributed by atoms with E-state index < -0.39 is 0 Å². The van der Waals surface area contributed by atoms with E-state index in [1.54, 1.807) is 7.11 Å². The summed E-state index contributed by atoms with van der Waals surface area (Å²) in [6.45, 7) is 5.23. The van der Waals surface area contributed by atoms with Gasteiger partial charge >= 0.3 is 0 Å². The molecule has 3 rings (SSSR count). The second-order valence-corrected chi connectivity index (χ2v) is 6.62. The van der Waals surface area contributed by atoms with Gasteiger partial charge in [-0.25, -0.2) is 0 Å². The molecule has 3 nitrogen and oxygen atoms in total. The Hall–Kier alpha value is -1.52. The summed E-state index contributed by atoms with van der Waals surface area (Å²) in [5, 5.41) is 3.57. The number of methoxy groups -OCH3 is 1. The lowest BCUT2D eigenvalue weighted by atomic mass is 9.95. The fourth-order valence-electron chi connectivity index (χ4n) is 2.81. The van der Waals surface area contributed by atoms with Gasteiger partial charge < -0.3 is 14.8 Å². The van der Waals surface area contributed by atoms with Crippen LogP contribution in [0.1, 0.15) is 40.8 Å². The number of hydrogen-bond acceptors (Lipinski definition) is 4.